The Hall–Kier alpha value is -3.88. The summed E-state index contributed by atoms with van der Waals surface area (Å²) in [6.07, 6.45) is -3.75. The van der Waals surface area contributed by atoms with Gasteiger partial charge in [-0.15, -0.1) is 0 Å². The lowest BCUT2D eigenvalue weighted by Gasteiger charge is -2.36. The second-order valence-corrected chi connectivity index (χ2v) is 7.92. The van der Waals surface area contributed by atoms with Crippen LogP contribution in [0.1, 0.15) is 27.9 Å². The van der Waals surface area contributed by atoms with Crippen molar-refractivity contribution >= 4 is 23.3 Å². The van der Waals surface area contributed by atoms with E-state index in [0.29, 0.717) is 31.0 Å². The summed E-state index contributed by atoms with van der Waals surface area (Å²) in [5.41, 5.74) is 1.05. The normalized spacial score (nSPS) is 14.3. The van der Waals surface area contributed by atoms with E-state index in [9.17, 15) is 27.2 Å². The number of halogens is 4. The summed E-state index contributed by atoms with van der Waals surface area (Å²) in [5.74, 6) is -0.903. The molecule has 176 valence electrons. The van der Waals surface area contributed by atoms with Crippen molar-refractivity contribution in [1.82, 2.24) is 4.90 Å². The number of carbonyl (C=O) groups excluding carboxylic acids is 2. The summed E-state index contributed by atoms with van der Waals surface area (Å²) in [7, 11) is 0. The van der Waals surface area contributed by atoms with Gasteiger partial charge in [-0.1, -0.05) is 18.2 Å². The van der Waals surface area contributed by atoms with E-state index in [0.717, 1.165) is 36.2 Å². The standard InChI is InChI=1S/C25H21F4N3O2/c26-20-11-5-17(6-12-20)16-31-13-2-14-32(24(31)34)22-4-1-3-21(15-22)30-23(33)18-7-9-19(10-8-18)25(27,28)29/h1,3-12,15H,2,13-14,16H2,(H,30,33). The molecule has 0 saturated carbocycles. The van der Waals surface area contributed by atoms with Gasteiger partial charge in [0.2, 0.25) is 0 Å². The van der Waals surface area contributed by atoms with Gasteiger partial charge in [0, 0.05) is 36.6 Å². The summed E-state index contributed by atoms with van der Waals surface area (Å²) in [6, 6.07) is 16.4. The van der Waals surface area contributed by atoms with Gasteiger partial charge in [-0.25, -0.2) is 9.18 Å². The fourth-order valence-corrected chi connectivity index (χ4v) is 3.74. The van der Waals surface area contributed by atoms with Crippen molar-refractivity contribution in [2.24, 2.45) is 0 Å². The third-order valence-corrected chi connectivity index (χ3v) is 5.49. The minimum absolute atomic E-state index is 0.0814. The van der Waals surface area contributed by atoms with Gasteiger partial charge in [0.25, 0.3) is 5.91 Å². The van der Waals surface area contributed by atoms with E-state index in [2.05, 4.69) is 5.32 Å². The quantitative estimate of drug-likeness (QED) is 0.469. The molecule has 5 nitrogen and oxygen atoms in total. The smallest absolute Gasteiger partial charge is 0.322 e. The Morgan fingerprint density at radius 1 is 0.941 bits per heavy atom. The molecule has 1 N–H and O–H groups in total. The molecule has 0 atom stereocenters. The molecule has 0 aliphatic carbocycles. The topological polar surface area (TPSA) is 52.7 Å². The van der Waals surface area contributed by atoms with Crippen molar-refractivity contribution in [3.8, 4) is 0 Å². The van der Waals surface area contributed by atoms with Crippen LogP contribution in [0.25, 0.3) is 0 Å². The van der Waals surface area contributed by atoms with Gasteiger partial charge in [0.1, 0.15) is 5.82 Å². The first-order valence-corrected chi connectivity index (χ1v) is 10.6. The van der Waals surface area contributed by atoms with Gasteiger partial charge in [-0.3, -0.25) is 9.69 Å². The van der Waals surface area contributed by atoms with Gasteiger partial charge in [-0.05, 0) is 66.6 Å². The maximum Gasteiger partial charge on any atom is 0.416 e. The number of rotatable bonds is 5. The molecule has 0 unspecified atom stereocenters. The molecule has 0 radical (unpaired) electrons. The Bertz CT molecular complexity index is 1180. The Balaban J connectivity index is 1.45. The zero-order valence-electron chi connectivity index (χ0n) is 18.0. The molecule has 1 heterocycles. The number of alkyl halides is 3. The third-order valence-electron chi connectivity index (χ3n) is 5.49. The van der Waals surface area contributed by atoms with E-state index in [-0.39, 0.29) is 17.4 Å². The van der Waals surface area contributed by atoms with Gasteiger partial charge in [0.15, 0.2) is 0 Å². The van der Waals surface area contributed by atoms with Gasteiger partial charge < -0.3 is 10.2 Å². The summed E-state index contributed by atoms with van der Waals surface area (Å²) >= 11 is 0. The number of nitrogens with zero attached hydrogens (tertiary/aromatic N) is 2. The van der Waals surface area contributed by atoms with Crippen molar-refractivity contribution in [3.63, 3.8) is 0 Å². The molecule has 3 aromatic carbocycles. The predicted molar refractivity (Wildman–Crippen MR) is 120 cm³/mol. The van der Waals surface area contributed by atoms with E-state index < -0.39 is 17.6 Å². The molecule has 1 saturated heterocycles. The van der Waals surface area contributed by atoms with E-state index in [4.69, 9.17) is 0 Å². The summed E-state index contributed by atoms with van der Waals surface area (Å²) < 4.78 is 51.4. The second kappa shape index (κ2) is 9.54. The average molecular weight is 471 g/mol. The van der Waals surface area contributed by atoms with E-state index in [1.165, 1.54) is 12.1 Å². The number of benzene rings is 3. The fraction of sp³-hybridized carbons (Fsp3) is 0.200. The Morgan fingerprint density at radius 2 is 1.65 bits per heavy atom. The molecule has 1 fully saturated rings. The first-order chi connectivity index (χ1) is 16.2. The highest BCUT2D eigenvalue weighted by Crippen LogP contribution is 2.29. The molecule has 0 spiro atoms. The number of amides is 3. The van der Waals surface area contributed by atoms with Crippen LogP contribution >= 0.6 is 0 Å². The third kappa shape index (κ3) is 5.36. The van der Waals surface area contributed by atoms with Crippen molar-refractivity contribution in [3.05, 3.63) is 95.3 Å². The van der Waals surface area contributed by atoms with Crippen LogP contribution in [0.2, 0.25) is 0 Å². The van der Waals surface area contributed by atoms with E-state index >= 15 is 0 Å². The number of urea groups is 1. The number of anilines is 2. The molecule has 3 amide bonds. The molecule has 1 aliphatic rings. The molecule has 9 heteroatoms. The second-order valence-electron chi connectivity index (χ2n) is 7.92. The first kappa shape index (κ1) is 23.3. The van der Waals surface area contributed by atoms with Crippen LogP contribution in [-0.4, -0.2) is 29.9 Å². The van der Waals surface area contributed by atoms with Gasteiger partial charge in [-0.2, -0.15) is 13.2 Å². The molecule has 0 aromatic heterocycles. The maximum absolute atomic E-state index is 13.2. The molecule has 34 heavy (non-hydrogen) atoms. The molecule has 4 rings (SSSR count). The molecular weight excluding hydrogens is 450 g/mol. The number of carbonyl (C=O) groups is 2. The Morgan fingerprint density at radius 3 is 2.32 bits per heavy atom. The highest BCUT2D eigenvalue weighted by Gasteiger charge is 2.30. The molecular formula is C25H21F4N3O2. The first-order valence-electron chi connectivity index (χ1n) is 10.6. The molecule has 0 bridgehead atoms. The highest BCUT2D eigenvalue weighted by atomic mass is 19.4. The van der Waals surface area contributed by atoms with Crippen molar-refractivity contribution in [2.45, 2.75) is 19.1 Å². The maximum atomic E-state index is 13.2. The van der Waals surface area contributed by atoms with Crippen molar-refractivity contribution in [2.75, 3.05) is 23.3 Å². The van der Waals surface area contributed by atoms with Crippen LogP contribution in [0.4, 0.5) is 33.7 Å². The van der Waals surface area contributed by atoms with E-state index in [1.54, 1.807) is 46.2 Å². The Labute approximate surface area is 193 Å². The number of hydrogen-bond acceptors (Lipinski definition) is 2. The lowest BCUT2D eigenvalue weighted by molar-refractivity contribution is -0.137. The van der Waals surface area contributed by atoms with Crippen LogP contribution < -0.4 is 10.2 Å². The monoisotopic (exact) mass is 471 g/mol. The molecule has 1 aliphatic heterocycles. The summed E-state index contributed by atoms with van der Waals surface area (Å²) in [5, 5.41) is 2.66. The van der Waals surface area contributed by atoms with Crippen molar-refractivity contribution < 1.29 is 27.2 Å². The van der Waals surface area contributed by atoms with Gasteiger partial charge >= 0.3 is 12.2 Å². The minimum Gasteiger partial charge on any atom is -0.322 e. The number of hydrogen-bond donors (Lipinski definition) is 1. The highest BCUT2D eigenvalue weighted by molar-refractivity contribution is 6.04. The zero-order chi connectivity index (χ0) is 24.3. The molecule has 3 aromatic rings. The SMILES string of the molecule is O=C(Nc1cccc(N2CCCN(Cc3ccc(F)cc3)C2=O)c1)c1ccc(C(F)(F)F)cc1. The van der Waals surface area contributed by atoms with Crippen LogP contribution in [0.5, 0.6) is 0 Å². The average Bonchev–Trinajstić information content (AvgIpc) is 2.81. The van der Waals surface area contributed by atoms with Crippen LogP contribution in [0.3, 0.4) is 0 Å². The van der Waals surface area contributed by atoms with Crippen LogP contribution in [0.15, 0.2) is 72.8 Å². The number of nitrogens with one attached hydrogen (secondary N) is 1. The largest absolute Gasteiger partial charge is 0.416 e. The minimum atomic E-state index is -4.48. The lowest BCUT2D eigenvalue weighted by atomic mass is 10.1. The fourth-order valence-electron chi connectivity index (χ4n) is 3.74. The van der Waals surface area contributed by atoms with Crippen LogP contribution in [0, 0.1) is 5.82 Å². The van der Waals surface area contributed by atoms with Gasteiger partial charge in [0.05, 0.1) is 5.56 Å². The van der Waals surface area contributed by atoms with Crippen LogP contribution in [-0.2, 0) is 12.7 Å². The summed E-state index contributed by atoms with van der Waals surface area (Å²) in [6.45, 7) is 1.41. The predicted octanol–water partition coefficient (Wildman–Crippen LogP) is 5.93. The van der Waals surface area contributed by atoms with E-state index in [1.807, 2.05) is 0 Å². The lowest BCUT2D eigenvalue weighted by Crippen LogP contribution is -2.49. The van der Waals surface area contributed by atoms with Crippen molar-refractivity contribution in [1.29, 1.82) is 0 Å². The Kier molecular flexibility index (Phi) is 6.54. The summed E-state index contributed by atoms with van der Waals surface area (Å²) in [4.78, 5) is 28.8. The zero-order valence-corrected chi connectivity index (χ0v) is 18.0.